The standard InChI is InChI=1S/C14H18BrN3OS/c1-18(8-11-4-5-12(15)20-11)9-13(19)17-14(10-16)6-2-3-7-14/h4-5H,2-3,6-9H2,1H3,(H,17,19)/p+1. The summed E-state index contributed by atoms with van der Waals surface area (Å²) >= 11 is 5.13. The van der Waals surface area contributed by atoms with Gasteiger partial charge in [-0.05, 0) is 53.7 Å². The summed E-state index contributed by atoms with van der Waals surface area (Å²) in [5.41, 5.74) is -0.608. The number of nitrogens with zero attached hydrogens (tertiary/aromatic N) is 1. The van der Waals surface area contributed by atoms with Crippen molar-refractivity contribution in [1.29, 1.82) is 5.26 Å². The molecule has 1 atom stereocenters. The number of thiophene rings is 1. The van der Waals surface area contributed by atoms with Gasteiger partial charge in [0.05, 0.1) is 21.8 Å². The van der Waals surface area contributed by atoms with Crippen LogP contribution in [0.25, 0.3) is 0 Å². The third kappa shape index (κ3) is 4.05. The SMILES string of the molecule is C[NH+](CC(=O)NC1(C#N)CCCC1)Cc1ccc(Br)s1. The number of quaternary nitrogens is 1. The van der Waals surface area contributed by atoms with Gasteiger partial charge >= 0.3 is 0 Å². The van der Waals surface area contributed by atoms with Gasteiger partial charge in [-0.1, -0.05) is 0 Å². The number of likely N-dealkylation sites (N-methyl/N-ethyl adjacent to an activating group) is 1. The maximum Gasteiger partial charge on any atom is 0.276 e. The minimum atomic E-state index is -0.608. The topological polar surface area (TPSA) is 57.3 Å². The quantitative estimate of drug-likeness (QED) is 0.839. The average molecular weight is 357 g/mol. The van der Waals surface area contributed by atoms with Gasteiger partial charge in [0.25, 0.3) is 5.91 Å². The third-order valence-electron chi connectivity index (χ3n) is 3.62. The molecule has 108 valence electrons. The average Bonchev–Trinajstić information content (AvgIpc) is 2.99. The van der Waals surface area contributed by atoms with Gasteiger partial charge in [0, 0.05) is 0 Å². The van der Waals surface area contributed by atoms with Crippen LogP contribution in [0, 0.1) is 11.3 Å². The molecule has 1 aromatic heterocycles. The second kappa shape index (κ2) is 6.70. The molecule has 0 bridgehead atoms. The first-order valence-electron chi connectivity index (χ1n) is 6.81. The van der Waals surface area contributed by atoms with Crippen molar-refractivity contribution < 1.29 is 9.69 Å². The van der Waals surface area contributed by atoms with E-state index in [4.69, 9.17) is 0 Å². The predicted molar refractivity (Wildman–Crippen MR) is 82.4 cm³/mol. The lowest BCUT2D eigenvalue weighted by molar-refractivity contribution is -0.885. The van der Waals surface area contributed by atoms with Crippen LogP contribution in [0.1, 0.15) is 30.6 Å². The molecule has 1 aliphatic rings. The Bertz CT molecular complexity index is 517. The van der Waals surface area contributed by atoms with Gasteiger partial charge in [-0.2, -0.15) is 5.26 Å². The number of hydrogen-bond acceptors (Lipinski definition) is 3. The van der Waals surface area contributed by atoms with E-state index in [1.54, 1.807) is 11.3 Å². The van der Waals surface area contributed by atoms with E-state index >= 15 is 0 Å². The van der Waals surface area contributed by atoms with Crippen molar-refractivity contribution in [3.63, 3.8) is 0 Å². The minimum Gasteiger partial charge on any atom is -0.333 e. The van der Waals surface area contributed by atoms with Crippen molar-refractivity contribution in [3.8, 4) is 6.07 Å². The summed E-state index contributed by atoms with van der Waals surface area (Å²) in [5.74, 6) is -0.0263. The fourth-order valence-electron chi connectivity index (χ4n) is 2.64. The Balaban J connectivity index is 1.83. The molecule has 0 spiro atoms. The smallest absolute Gasteiger partial charge is 0.276 e. The number of amides is 1. The highest BCUT2D eigenvalue weighted by Gasteiger charge is 2.35. The second-order valence-corrected chi connectivity index (χ2v) is 8.01. The van der Waals surface area contributed by atoms with Crippen molar-refractivity contribution in [2.75, 3.05) is 13.6 Å². The molecule has 1 aliphatic carbocycles. The van der Waals surface area contributed by atoms with Gasteiger partial charge in [0.1, 0.15) is 12.1 Å². The zero-order chi connectivity index (χ0) is 14.6. The first kappa shape index (κ1) is 15.5. The fraction of sp³-hybridized carbons (Fsp3) is 0.571. The Kier molecular flexibility index (Phi) is 5.19. The normalized spacial score (nSPS) is 18.4. The van der Waals surface area contributed by atoms with E-state index in [1.807, 2.05) is 13.1 Å². The Morgan fingerprint density at radius 2 is 2.25 bits per heavy atom. The van der Waals surface area contributed by atoms with E-state index in [9.17, 15) is 10.1 Å². The van der Waals surface area contributed by atoms with E-state index in [-0.39, 0.29) is 5.91 Å². The summed E-state index contributed by atoms with van der Waals surface area (Å²) in [7, 11) is 2.00. The molecular formula is C14H19BrN3OS+. The lowest BCUT2D eigenvalue weighted by Crippen LogP contribution is -3.09. The van der Waals surface area contributed by atoms with Crippen molar-refractivity contribution in [2.45, 2.75) is 37.8 Å². The highest BCUT2D eigenvalue weighted by Crippen LogP contribution is 2.28. The highest BCUT2D eigenvalue weighted by atomic mass is 79.9. The van der Waals surface area contributed by atoms with Crippen LogP contribution in [0.5, 0.6) is 0 Å². The van der Waals surface area contributed by atoms with E-state index in [0.29, 0.717) is 6.54 Å². The number of nitrogens with one attached hydrogen (secondary N) is 2. The van der Waals surface area contributed by atoms with Crippen LogP contribution in [0.4, 0.5) is 0 Å². The van der Waals surface area contributed by atoms with Gasteiger partial charge in [-0.25, -0.2) is 0 Å². The molecule has 1 aromatic rings. The van der Waals surface area contributed by atoms with E-state index < -0.39 is 5.54 Å². The van der Waals surface area contributed by atoms with Gasteiger partial charge in [-0.3, -0.25) is 4.79 Å². The molecule has 1 saturated carbocycles. The zero-order valence-electron chi connectivity index (χ0n) is 11.5. The summed E-state index contributed by atoms with van der Waals surface area (Å²) in [5, 5.41) is 12.2. The Morgan fingerprint density at radius 3 is 2.80 bits per heavy atom. The summed E-state index contributed by atoms with van der Waals surface area (Å²) < 4.78 is 1.11. The molecule has 2 rings (SSSR count). The number of hydrogen-bond donors (Lipinski definition) is 2. The summed E-state index contributed by atoms with van der Waals surface area (Å²) in [4.78, 5) is 14.5. The lowest BCUT2D eigenvalue weighted by atomic mass is 10.00. The van der Waals surface area contributed by atoms with Crippen molar-refractivity contribution >= 4 is 33.2 Å². The van der Waals surface area contributed by atoms with Crippen molar-refractivity contribution in [1.82, 2.24) is 5.32 Å². The summed E-state index contributed by atoms with van der Waals surface area (Å²) in [6.07, 6.45) is 3.62. The number of nitriles is 1. The monoisotopic (exact) mass is 356 g/mol. The lowest BCUT2D eigenvalue weighted by Gasteiger charge is -2.22. The molecule has 1 heterocycles. The molecule has 1 fully saturated rings. The molecule has 1 unspecified atom stereocenters. The maximum absolute atomic E-state index is 12.1. The van der Waals surface area contributed by atoms with Gasteiger partial charge in [0.15, 0.2) is 6.54 Å². The number of carbonyl (C=O) groups excluding carboxylic acids is 1. The number of carbonyl (C=O) groups is 1. The molecular weight excluding hydrogens is 338 g/mol. The second-order valence-electron chi connectivity index (χ2n) is 5.47. The predicted octanol–water partition coefficient (Wildman–Crippen LogP) is 1.48. The van der Waals surface area contributed by atoms with E-state index in [2.05, 4.69) is 33.4 Å². The third-order valence-corrected chi connectivity index (χ3v) is 5.24. The van der Waals surface area contributed by atoms with E-state index in [1.165, 1.54) is 4.88 Å². The fourth-order valence-corrected chi connectivity index (χ4v) is 4.23. The molecule has 2 N–H and O–H groups in total. The Morgan fingerprint density at radius 1 is 1.55 bits per heavy atom. The molecule has 0 aromatic carbocycles. The van der Waals surface area contributed by atoms with Crippen LogP contribution >= 0.6 is 27.3 Å². The van der Waals surface area contributed by atoms with Crippen LogP contribution in [0.3, 0.4) is 0 Å². The minimum absolute atomic E-state index is 0.0263. The van der Waals surface area contributed by atoms with Crippen LogP contribution in [0.2, 0.25) is 0 Å². The van der Waals surface area contributed by atoms with Crippen LogP contribution in [-0.2, 0) is 11.3 Å². The van der Waals surface area contributed by atoms with Gasteiger partial charge < -0.3 is 10.2 Å². The van der Waals surface area contributed by atoms with Crippen LogP contribution in [-0.4, -0.2) is 25.0 Å². The summed E-state index contributed by atoms with van der Waals surface area (Å²) in [6, 6.07) is 6.39. The van der Waals surface area contributed by atoms with Gasteiger partial charge in [0.2, 0.25) is 0 Å². The summed E-state index contributed by atoms with van der Waals surface area (Å²) in [6.45, 7) is 1.22. The van der Waals surface area contributed by atoms with Crippen molar-refractivity contribution in [2.24, 2.45) is 0 Å². The molecule has 6 heteroatoms. The Labute approximate surface area is 131 Å². The number of rotatable bonds is 5. The highest BCUT2D eigenvalue weighted by molar-refractivity contribution is 9.11. The number of halogens is 1. The van der Waals surface area contributed by atoms with E-state index in [0.717, 1.165) is 40.9 Å². The Hall–Kier alpha value is -0.900. The van der Waals surface area contributed by atoms with Gasteiger partial charge in [-0.15, -0.1) is 11.3 Å². The molecule has 1 amide bonds. The van der Waals surface area contributed by atoms with Crippen molar-refractivity contribution in [3.05, 3.63) is 20.8 Å². The molecule has 0 saturated heterocycles. The first-order valence-corrected chi connectivity index (χ1v) is 8.42. The molecule has 0 radical (unpaired) electrons. The first-order chi connectivity index (χ1) is 9.53. The molecule has 20 heavy (non-hydrogen) atoms. The van der Waals surface area contributed by atoms with Crippen LogP contribution in [0.15, 0.2) is 15.9 Å². The molecule has 4 nitrogen and oxygen atoms in total. The largest absolute Gasteiger partial charge is 0.333 e. The molecule has 0 aliphatic heterocycles. The van der Waals surface area contributed by atoms with Crippen LogP contribution < -0.4 is 10.2 Å². The zero-order valence-corrected chi connectivity index (χ0v) is 13.9. The maximum atomic E-state index is 12.1.